The number of hydroxylamine groups is 2. The maximum Gasteiger partial charge on any atom is 0.229 e. The van der Waals surface area contributed by atoms with Gasteiger partial charge in [0, 0.05) is 6.42 Å². The summed E-state index contributed by atoms with van der Waals surface area (Å²) in [6.07, 6.45) is -9.69. The van der Waals surface area contributed by atoms with Crippen LogP contribution in [-0.2, 0) is 20.6 Å². The van der Waals surface area contributed by atoms with E-state index in [9.17, 15) is 30.6 Å². The van der Waals surface area contributed by atoms with Gasteiger partial charge in [0.25, 0.3) is 0 Å². The van der Waals surface area contributed by atoms with Crippen LogP contribution < -0.4 is 9.96 Å². The van der Waals surface area contributed by atoms with Gasteiger partial charge >= 0.3 is 0 Å². The lowest BCUT2D eigenvalue weighted by atomic mass is 9.99. The molecule has 0 radical (unpaired) electrons. The van der Waals surface area contributed by atoms with E-state index in [1.807, 2.05) is 0 Å². The van der Waals surface area contributed by atoms with Gasteiger partial charge < -0.3 is 49.6 Å². The highest BCUT2D eigenvalue weighted by Crippen LogP contribution is 2.28. The van der Waals surface area contributed by atoms with Crippen LogP contribution in [-0.4, -0.2) is 116 Å². The minimum Gasteiger partial charge on any atom is -0.462 e. The van der Waals surface area contributed by atoms with Crippen molar-refractivity contribution < 1.29 is 65.2 Å². The Kier molecular flexibility index (Phi) is 8.37. The second kappa shape index (κ2) is 10.6. The number of ether oxygens (including phenoxy) is 4. The summed E-state index contributed by atoms with van der Waals surface area (Å²) in [7, 11) is 0. The van der Waals surface area contributed by atoms with Crippen molar-refractivity contribution in [2.45, 2.75) is 55.1 Å². The smallest absolute Gasteiger partial charge is 0.229 e. The third kappa shape index (κ3) is 5.72. The number of aliphatic hydroxyl groups is 6. The molecule has 8 atom stereocenters. The van der Waals surface area contributed by atoms with Crippen LogP contribution in [0.1, 0.15) is 5.56 Å². The molecule has 1 aromatic carbocycles. The molecule has 9 N–H and O–H groups in total. The summed E-state index contributed by atoms with van der Waals surface area (Å²) in [5, 5.41) is 76.8. The fraction of sp³-hybridized carbons (Fsp3) is 0.684. The lowest BCUT2D eigenvalue weighted by Crippen LogP contribution is -3.07. The van der Waals surface area contributed by atoms with Crippen LogP contribution >= 0.6 is 0 Å². The summed E-state index contributed by atoms with van der Waals surface area (Å²) >= 11 is 0. The van der Waals surface area contributed by atoms with Gasteiger partial charge in [-0.25, -0.2) is 0 Å². The molecule has 0 unspecified atom stereocenters. The summed E-state index contributed by atoms with van der Waals surface area (Å²) in [5.41, 5.74) is -1.07. The van der Waals surface area contributed by atoms with Crippen molar-refractivity contribution in [1.29, 1.82) is 0 Å². The molecule has 3 rings (SSSR count). The van der Waals surface area contributed by atoms with Gasteiger partial charge in [-0.05, 0) is 17.7 Å². The van der Waals surface area contributed by atoms with Crippen LogP contribution in [0.25, 0.3) is 0 Å². The summed E-state index contributed by atoms with van der Waals surface area (Å²) in [6, 6.07) is 6.50. The van der Waals surface area contributed by atoms with Crippen LogP contribution in [0.3, 0.4) is 0 Å². The predicted molar refractivity (Wildman–Crippen MR) is 101 cm³/mol. The van der Waals surface area contributed by atoms with E-state index in [2.05, 4.69) is 0 Å². The van der Waals surface area contributed by atoms with Gasteiger partial charge in [-0.3, -0.25) is 0 Å². The van der Waals surface area contributed by atoms with Crippen molar-refractivity contribution in [2.75, 3.05) is 26.4 Å². The highest BCUT2D eigenvalue weighted by atomic mass is 16.8. The van der Waals surface area contributed by atoms with E-state index in [4.69, 9.17) is 29.4 Å². The average Bonchev–Trinajstić information content (AvgIpc) is 3.07. The molecule has 32 heavy (non-hydrogen) atoms. The monoisotopic (exact) mass is 464 g/mol. The third-order valence-corrected chi connectivity index (χ3v) is 5.49. The van der Waals surface area contributed by atoms with Gasteiger partial charge in [0.2, 0.25) is 6.29 Å². The minimum atomic E-state index is -1.88. The molecule has 182 valence electrons. The summed E-state index contributed by atoms with van der Waals surface area (Å²) in [6.45, 7) is -1.39. The first kappa shape index (κ1) is 25.2. The molecule has 0 amide bonds. The maximum absolute atomic E-state index is 10.2. The molecule has 2 saturated heterocycles. The molecule has 2 aliphatic rings. The van der Waals surface area contributed by atoms with E-state index in [1.54, 1.807) is 24.3 Å². The first-order chi connectivity index (χ1) is 15.1. The van der Waals surface area contributed by atoms with Gasteiger partial charge in [-0.15, -0.1) is 0 Å². The Morgan fingerprint density at radius 3 is 2.28 bits per heavy atom. The van der Waals surface area contributed by atoms with Crippen molar-refractivity contribution in [3.05, 3.63) is 29.8 Å². The zero-order valence-corrected chi connectivity index (χ0v) is 17.1. The summed E-state index contributed by atoms with van der Waals surface area (Å²) in [5.74, 6) is 0.292. The van der Waals surface area contributed by atoms with Crippen molar-refractivity contribution in [3.63, 3.8) is 0 Å². The van der Waals surface area contributed by atoms with Crippen LogP contribution in [0.15, 0.2) is 24.3 Å². The first-order valence-electron chi connectivity index (χ1n) is 10.1. The SMILES string of the molecule is OC[C@@]1(O)CO[C@H](OC[C@@H]2O[C@H](Oc3ccc(CC[NH+](O)O)cc3)[C@@H](O)[C@H](O)[C@H]2O)[C@@H]1O. The van der Waals surface area contributed by atoms with E-state index < -0.39 is 60.5 Å². The van der Waals surface area contributed by atoms with E-state index in [1.165, 1.54) is 0 Å². The Balaban J connectivity index is 1.58. The molecular formula is C19H30NO12+. The van der Waals surface area contributed by atoms with Crippen LogP contribution in [0.2, 0.25) is 0 Å². The quantitative estimate of drug-likeness (QED) is 0.159. The summed E-state index contributed by atoms with van der Waals surface area (Å²) in [4.78, 5) is 0. The second-order valence-electron chi connectivity index (χ2n) is 7.91. The number of rotatable bonds is 9. The average molecular weight is 464 g/mol. The molecule has 2 fully saturated rings. The Morgan fingerprint density at radius 2 is 1.69 bits per heavy atom. The van der Waals surface area contributed by atoms with Crippen molar-refractivity contribution in [1.82, 2.24) is 0 Å². The molecule has 0 saturated carbocycles. The van der Waals surface area contributed by atoms with Gasteiger partial charge in [0.15, 0.2) is 6.29 Å². The zero-order valence-electron chi connectivity index (χ0n) is 17.1. The lowest BCUT2D eigenvalue weighted by Gasteiger charge is -2.40. The fourth-order valence-electron chi connectivity index (χ4n) is 3.40. The Morgan fingerprint density at radius 1 is 1.00 bits per heavy atom. The van der Waals surface area contributed by atoms with Gasteiger partial charge in [0.1, 0.15) is 48.4 Å². The standard InChI is InChI=1S/C19H29NO12/c21-8-19(26)9-30-18(16(19)25)29-7-12-13(22)14(23)15(24)17(32-12)31-11-3-1-10(2-4-11)5-6-20(27)28/h1-4,12-18,21-28H,5-9H2/p+1/t12-,13-,14+,15-,16-,17-,18-,19+/m0/s1. The molecule has 1 aromatic rings. The maximum atomic E-state index is 10.2. The summed E-state index contributed by atoms with van der Waals surface area (Å²) < 4.78 is 21.6. The number of aliphatic hydroxyl groups excluding tert-OH is 5. The Hall–Kier alpha value is -1.46. The predicted octanol–water partition coefficient (Wildman–Crippen LogP) is -4.46. The number of benzene rings is 1. The number of hydrogen-bond acceptors (Lipinski definition) is 12. The van der Waals surface area contributed by atoms with Crippen molar-refractivity contribution in [2.24, 2.45) is 0 Å². The van der Waals surface area contributed by atoms with E-state index in [0.29, 0.717) is 12.2 Å². The zero-order chi connectivity index (χ0) is 23.5. The fourth-order valence-corrected chi connectivity index (χ4v) is 3.40. The molecule has 0 spiro atoms. The highest BCUT2D eigenvalue weighted by Gasteiger charge is 2.50. The van der Waals surface area contributed by atoms with E-state index >= 15 is 0 Å². The Labute approximate surface area is 183 Å². The normalized spacial score (nSPS) is 37.7. The molecule has 0 aromatic heterocycles. The topological polar surface area (TPSA) is 203 Å². The lowest BCUT2D eigenvalue weighted by molar-refractivity contribution is -1.24. The largest absolute Gasteiger partial charge is 0.462 e. The van der Waals surface area contributed by atoms with Crippen LogP contribution in [0.4, 0.5) is 0 Å². The van der Waals surface area contributed by atoms with E-state index in [0.717, 1.165) is 5.56 Å². The van der Waals surface area contributed by atoms with E-state index in [-0.39, 0.29) is 19.8 Å². The third-order valence-electron chi connectivity index (χ3n) is 5.49. The number of quaternary nitrogens is 1. The minimum absolute atomic E-state index is 0.0888. The number of nitrogens with one attached hydrogen (secondary N) is 1. The first-order valence-corrected chi connectivity index (χ1v) is 10.1. The molecule has 13 heteroatoms. The molecule has 2 aliphatic heterocycles. The van der Waals surface area contributed by atoms with Crippen molar-refractivity contribution >= 4 is 0 Å². The van der Waals surface area contributed by atoms with Gasteiger partial charge in [0.05, 0.1) is 19.8 Å². The molecular weight excluding hydrogens is 434 g/mol. The van der Waals surface area contributed by atoms with Crippen molar-refractivity contribution in [3.8, 4) is 5.75 Å². The molecule has 13 nitrogen and oxygen atoms in total. The van der Waals surface area contributed by atoms with Gasteiger partial charge in [-0.1, -0.05) is 17.4 Å². The molecule has 2 heterocycles. The molecule has 0 bridgehead atoms. The van der Waals surface area contributed by atoms with Gasteiger partial charge in [-0.2, -0.15) is 10.4 Å². The van der Waals surface area contributed by atoms with Crippen LogP contribution in [0, 0.1) is 0 Å². The van der Waals surface area contributed by atoms with Crippen LogP contribution in [0.5, 0.6) is 5.75 Å². The highest BCUT2D eigenvalue weighted by molar-refractivity contribution is 5.27. The number of hydrogen-bond donors (Lipinski definition) is 9. The Bertz CT molecular complexity index is 721. The molecule has 0 aliphatic carbocycles. The second-order valence-corrected chi connectivity index (χ2v) is 7.91.